The zero-order valence-electron chi connectivity index (χ0n) is 0.996. The van der Waals surface area contributed by atoms with E-state index in [1.807, 2.05) is 0 Å². The molecule has 0 rings (SSSR count). The first kappa shape index (κ1) is 26.6. The van der Waals surface area contributed by atoms with Crippen molar-refractivity contribution in [3.05, 3.63) is 0 Å². The first-order valence-corrected chi connectivity index (χ1v) is 0. The Hall–Kier alpha value is 3.30. The molecule has 0 N–H and O–H groups in total. The van der Waals surface area contributed by atoms with Gasteiger partial charge in [0.25, 0.3) is 0 Å². The molecule has 0 aliphatic heterocycles. The van der Waals surface area contributed by atoms with Crippen LogP contribution < -0.4 is 0 Å². The van der Waals surface area contributed by atoms with Crippen LogP contribution in [0.2, 0.25) is 0 Å². The van der Waals surface area contributed by atoms with Crippen molar-refractivity contribution in [3.8, 4) is 0 Å². The van der Waals surface area contributed by atoms with Gasteiger partial charge >= 0.3 is 46.0 Å². The third kappa shape index (κ3) is 9.00. The summed E-state index contributed by atoms with van der Waals surface area (Å²) in [5.41, 5.74) is 0. The molecule has 0 aromatic rings. The average molecular weight is 482 g/mol. The Morgan fingerprint density at radius 2 is 1.00 bits per heavy atom. The molecular formula is H9AlBiErGa. The molecule has 0 aliphatic carbocycles. The molecule has 0 unspecified atom stereocenters. The van der Waals surface area contributed by atoms with Crippen LogP contribution in [0.5, 0.6) is 0 Å². The maximum atomic E-state index is 0. The van der Waals surface area contributed by atoms with Gasteiger partial charge in [-0.05, 0) is 0 Å². The van der Waals surface area contributed by atoms with Gasteiger partial charge in [0, 0.05) is 37.3 Å². The van der Waals surface area contributed by atoms with Crippen molar-refractivity contribution in [3.63, 3.8) is 0 Å². The Kier molecular flexibility index (Phi) is 108. The van der Waals surface area contributed by atoms with E-state index in [4.69, 9.17) is 0 Å². The molecule has 0 aliphatic rings. The van der Waals surface area contributed by atoms with E-state index in [1.54, 1.807) is 0 Å². The number of rotatable bonds is 0. The topological polar surface area (TPSA) is 0 Å². The van der Waals surface area contributed by atoms with Gasteiger partial charge in [-0.15, -0.1) is 0 Å². The van der Waals surface area contributed by atoms with E-state index in [1.165, 1.54) is 0 Å². The van der Waals surface area contributed by atoms with Gasteiger partial charge in [-0.1, -0.05) is 0 Å². The number of hydrogen-bond donors (Lipinski definition) is 0. The Morgan fingerprint density at radius 3 is 1.00 bits per heavy atom. The zero-order valence-corrected chi connectivity index (χ0v) is 8.35. The molecule has 0 heterocycles. The quantitative estimate of drug-likeness (QED) is 0.314. The molecule has 4 heavy (non-hydrogen) atoms. The Bertz CT molecular complexity index is 8.00. The van der Waals surface area contributed by atoms with Crippen LogP contribution in [0.4, 0.5) is 0 Å². The normalized spacial score (nSPS) is 0. The van der Waals surface area contributed by atoms with Crippen molar-refractivity contribution >= 4 is 63.4 Å². The van der Waals surface area contributed by atoms with E-state index in [2.05, 4.69) is 0 Å². The third-order valence-electron chi connectivity index (χ3n) is 0. The molecule has 32 valence electrons. The molecule has 0 radical (unpaired) electrons. The molecule has 0 bridgehead atoms. The molecule has 0 aromatic carbocycles. The predicted molar refractivity (Wildman–Crippen MR) is 29.8 cm³/mol. The van der Waals surface area contributed by atoms with Crippen LogP contribution in [0, 0.1) is 37.3 Å². The molecule has 0 aromatic heterocycles. The van der Waals surface area contributed by atoms with Gasteiger partial charge in [-0.3, -0.25) is 0 Å². The average Bonchev–Trinajstić information content (AvgIpc) is 0. The molecule has 4 heteroatoms. The molecule has 0 spiro atoms. The fourth-order valence-corrected chi connectivity index (χ4v) is 0. The van der Waals surface area contributed by atoms with E-state index in [9.17, 15) is 0 Å². The third-order valence-corrected chi connectivity index (χ3v) is 0. The molecule has 0 atom stereocenters. The first-order chi connectivity index (χ1) is 0. The second-order valence-electron chi connectivity index (χ2n) is 0. The van der Waals surface area contributed by atoms with Crippen molar-refractivity contribution in [2.75, 3.05) is 0 Å². The summed E-state index contributed by atoms with van der Waals surface area (Å²) in [5, 5.41) is 0. The van der Waals surface area contributed by atoms with Crippen LogP contribution in [0.3, 0.4) is 0 Å². The van der Waals surface area contributed by atoms with Gasteiger partial charge in [0.1, 0.15) is 0 Å². The molecule has 0 saturated carbocycles. The van der Waals surface area contributed by atoms with Crippen molar-refractivity contribution < 1.29 is 37.3 Å². The Labute approximate surface area is 98.4 Å². The second kappa shape index (κ2) is 16.3. The molecule has 0 amide bonds. The summed E-state index contributed by atoms with van der Waals surface area (Å²) in [7, 11) is 0. The van der Waals surface area contributed by atoms with Crippen molar-refractivity contribution in [1.29, 1.82) is 0 Å². The van der Waals surface area contributed by atoms with Gasteiger partial charge < -0.3 is 0 Å². The van der Waals surface area contributed by atoms with Crippen LogP contribution in [0.1, 0.15) is 0 Å². The van der Waals surface area contributed by atoms with Gasteiger partial charge in [0.2, 0.25) is 0 Å². The van der Waals surface area contributed by atoms with Crippen LogP contribution in [0.25, 0.3) is 0 Å². The van der Waals surface area contributed by atoms with Crippen molar-refractivity contribution in [2.45, 2.75) is 0 Å². The zero-order chi connectivity index (χ0) is 0. The Morgan fingerprint density at radius 1 is 1.00 bits per heavy atom. The van der Waals surface area contributed by atoms with E-state index in [-0.39, 0.29) is 101 Å². The summed E-state index contributed by atoms with van der Waals surface area (Å²) in [6.45, 7) is 0. The number of hydrogen-bond acceptors (Lipinski definition) is 0. The molecule has 0 saturated heterocycles. The molecule has 0 nitrogen and oxygen atoms in total. The summed E-state index contributed by atoms with van der Waals surface area (Å²) >= 11 is 0. The minimum absolute atomic E-state index is 0. The monoisotopic (exact) mass is 480 g/mol. The minimum atomic E-state index is 0. The van der Waals surface area contributed by atoms with E-state index in [0.717, 1.165) is 0 Å². The van der Waals surface area contributed by atoms with E-state index >= 15 is 0 Å². The standard InChI is InChI=1S/Al.Bi.Er.Ga.9H. The van der Waals surface area contributed by atoms with E-state index in [0.29, 0.717) is 0 Å². The Balaban J connectivity index is 0. The summed E-state index contributed by atoms with van der Waals surface area (Å²) in [5.74, 6) is 0. The second-order valence-corrected chi connectivity index (χ2v) is 0. The molecular weight excluding hydrogens is 473 g/mol. The molecule has 0 fully saturated rings. The first-order valence-electron chi connectivity index (χ1n) is 0. The van der Waals surface area contributed by atoms with Gasteiger partial charge in [-0.25, -0.2) is 0 Å². The van der Waals surface area contributed by atoms with Crippen LogP contribution in [0.15, 0.2) is 0 Å². The van der Waals surface area contributed by atoms with Crippen LogP contribution in [-0.4, -0.2) is 63.4 Å². The fraction of sp³-hybridized carbons (Fsp3) is 0. The van der Waals surface area contributed by atoms with Crippen LogP contribution in [-0.2, 0) is 0 Å². The van der Waals surface area contributed by atoms with Gasteiger partial charge in [0.15, 0.2) is 17.4 Å². The van der Waals surface area contributed by atoms with Gasteiger partial charge in [-0.2, -0.15) is 0 Å². The summed E-state index contributed by atoms with van der Waals surface area (Å²) in [4.78, 5) is 0. The van der Waals surface area contributed by atoms with E-state index < -0.39 is 0 Å². The summed E-state index contributed by atoms with van der Waals surface area (Å²) in [6.07, 6.45) is 0. The predicted octanol–water partition coefficient (Wildman–Crippen LogP) is -3.55. The fourth-order valence-electron chi connectivity index (χ4n) is 0. The SMILES string of the molecule is [AlH3].[BiH3].[Er].[GaH3]. The summed E-state index contributed by atoms with van der Waals surface area (Å²) < 4.78 is 0. The van der Waals surface area contributed by atoms with Gasteiger partial charge in [0.05, 0.1) is 0 Å². The summed E-state index contributed by atoms with van der Waals surface area (Å²) in [6, 6.07) is 0. The maximum absolute atomic E-state index is 0. The van der Waals surface area contributed by atoms with Crippen molar-refractivity contribution in [1.82, 2.24) is 0 Å². The van der Waals surface area contributed by atoms with Crippen LogP contribution >= 0.6 is 0 Å². The van der Waals surface area contributed by atoms with Crippen molar-refractivity contribution in [2.24, 2.45) is 0 Å².